The summed E-state index contributed by atoms with van der Waals surface area (Å²) in [6.07, 6.45) is 3.02. The first-order valence-electron chi connectivity index (χ1n) is 4.84. The fourth-order valence-electron chi connectivity index (χ4n) is 2.77. The molecule has 0 aromatic heterocycles. The molecular weight excluding hydrogens is 166 g/mol. The van der Waals surface area contributed by atoms with Crippen molar-refractivity contribution in [2.24, 2.45) is 16.6 Å². The second-order valence-electron chi connectivity index (χ2n) is 4.71. The monoisotopic (exact) mass is 183 g/mol. The maximum absolute atomic E-state index is 9.60. The minimum atomic E-state index is -0.0361. The SMILES string of the molecule is CC1CC2CC(C)(C1)N=C(N)N2O. The highest BCUT2D eigenvalue weighted by atomic mass is 16.5. The summed E-state index contributed by atoms with van der Waals surface area (Å²) < 4.78 is 0. The molecule has 2 aliphatic rings. The van der Waals surface area contributed by atoms with Crippen molar-refractivity contribution < 1.29 is 5.21 Å². The molecule has 4 heteroatoms. The van der Waals surface area contributed by atoms with Gasteiger partial charge >= 0.3 is 0 Å². The minimum absolute atomic E-state index is 0.0361. The summed E-state index contributed by atoms with van der Waals surface area (Å²) in [6.45, 7) is 4.32. The van der Waals surface area contributed by atoms with Crippen LogP contribution in [0, 0.1) is 5.92 Å². The van der Waals surface area contributed by atoms with Crippen molar-refractivity contribution >= 4 is 5.96 Å². The molecule has 74 valence electrons. The molecule has 0 radical (unpaired) electrons. The zero-order valence-electron chi connectivity index (χ0n) is 8.20. The summed E-state index contributed by atoms with van der Waals surface area (Å²) in [5.74, 6) is 0.904. The van der Waals surface area contributed by atoms with E-state index in [2.05, 4.69) is 18.8 Å². The van der Waals surface area contributed by atoms with Crippen molar-refractivity contribution in [2.45, 2.75) is 44.7 Å². The van der Waals surface area contributed by atoms with Gasteiger partial charge in [-0.3, -0.25) is 5.21 Å². The number of hydroxylamine groups is 2. The number of guanidine groups is 1. The van der Waals surface area contributed by atoms with E-state index in [0.717, 1.165) is 24.3 Å². The predicted octanol–water partition coefficient (Wildman–Crippen LogP) is 0.953. The van der Waals surface area contributed by atoms with Crippen LogP contribution in [0.2, 0.25) is 0 Å². The molecule has 4 nitrogen and oxygen atoms in total. The number of fused-ring (bicyclic) bond motifs is 2. The van der Waals surface area contributed by atoms with E-state index in [1.54, 1.807) is 0 Å². The number of rotatable bonds is 0. The molecule has 0 aromatic carbocycles. The molecule has 1 aliphatic heterocycles. The highest BCUT2D eigenvalue weighted by Gasteiger charge is 2.42. The Morgan fingerprint density at radius 1 is 1.62 bits per heavy atom. The van der Waals surface area contributed by atoms with Crippen LogP contribution in [0.4, 0.5) is 0 Å². The van der Waals surface area contributed by atoms with Gasteiger partial charge in [0.15, 0.2) is 0 Å². The first kappa shape index (κ1) is 8.81. The second kappa shape index (κ2) is 2.61. The Morgan fingerprint density at radius 3 is 3.00 bits per heavy atom. The average Bonchev–Trinajstić information content (AvgIpc) is 1.98. The van der Waals surface area contributed by atoms with E-state index >= 15 is 0 Å². The van der Waals surface area contributed by atoms with Crippen molar-refractivity contribution in [1.82, 2.24) is 5.06 Å². The molecule has 2 bridgehead atoms. The summed E-state index contributed by atoms with van der Waals surface area (Å²) in [4.78, 5) is 4.34. The molecule has 3 N–H and O–H groups in total. The highest BCUT2D eigenvalue weighted by Crippen LogP contribution is 2.39. The van der Waals surface area contributed by atoms with Crippen LogP contribution in [0.25, 0.3) is 0 Å². The third-order valence-corrected chi connectivity index (χ3v) is 3.10. The number of nitrogens with zero attached hydrogens (tertiary/aromatic N) is 2. The second-order valence-corrected chi connectivity index (χ2v) is 4.71. The number of hydrogen-bond acceptors (Lipinski definition) is 4. The Balaban J connectivity index is 2.31. The standard InChI is InChI=1S/C9H17N3O/c1-6-3-7-5-9(2,4-6)11-8(10)12(7)13/h6-7,13H,3-5H2,1-2H3,(H2,10,11). The molecule has 0 spiro atoms. The number of hydrogen-bond donors (Lipinski definition) is 2. The van der Waals surface area contributed by atoms with Gasteiger partial charge in [-0.1, -0.05) is 6.92 Å². The predicted molar refractivity (Wildman–Crippen MR) is 50.5 cm³/mol. The normalized spacial score (nSPS) is 44.5. The van der Waals surface area contributed by atoms with E-state index in [9.17, 15) is 5.21 Å². The van der Waals surface area contributed by atoms with Crippen LogP contribution in [-0.4, -0.2) is 27.8 Å². The summed E-state index contributed by atoms with van der Waals surface area (Å²) in [7, 11) is 0. The van der Waals surface area contributed by atoms with Crippen molar-refractivity contribution in [3.8, 4) is 0 Å². The summed E-state index contributed by atoms with van der Waals surface area (Å²) >= 11 is 0. The van der Waals surface area contributed by atoms with Gasteiger partial charge in [-0.05, 0) is 32.1 Å². The molecule has 3 unspecified atom stereocenters. The van der Waals surface area contributed by atoms with Gasteiger partial charge in [-0.2, -0.15) is 0 Å². The fourth-order valence-corrected chi connectivity index (χ4v) is 2.77. The smallest absolute Gasteiger partial charge is 0.216 e. The van der Waals surface area contributed by atoms with Gasteiger partial charge in [0, 0.05) is 0 Å². The van der Waals surface area contributed by atoms with Crippen LogP contribution in [0.3, 0.4) is 0 Å². The molecule has 1 fully saturated rings. The number of aliphatic imine (C=N–C) groups is 1. The van der Waals surface area contributed by atoms with E-state index in [0.29, 0.717) is 5.92 Å². The Labute approximate surface area is 78.4 Å². The molecule has 0 amide bonds. The lowest BCUT2D eigenvalue weighted by Gasteiger charge is -2.45. The Morgan fingerprint density at radius 2 is 2.31 bits per heavy atom. The summed E-state index contributed by atoms with van der Waals surface area (Å²) in [5, 5.41) is 10.7. The summed E-state index contributed by atoms with van der Waals surface area (Å²) in [6, 6.07) is 0.172. The van der Waals surface area contributed by atoms with Gasteiger partial charge in [-0.15, -0.1) is 0 Å². The molecule has 1 aliphatic carbocycles. The van der Waals surface area contributed by atoms with E-state index in [1.165, 1.54) is 0 Å². The maximum Gasteiger partial charge on any atom is 0.216 e. The zero-order valence-corrected chi connectivity index (χ0v) is 8.20. The van der Waals surface area contributed by atoms with E-state index in [1.807, 2.05) is 0 Å². The average molecular weight is 183 g/mol. The topological polar surface area (TPSA) is 61.8 Å². The van der Waals surface area contributed by atoms with Crippen molar-refractivity contribution in [3.63, 3.8) is 0 Å². The van der Waals surface area contributed by atoms with Gasteiger partial charge in [0.2, 0.25) is 5.96 Å². The lowest BCUT2D eigenvalue weighted by molar-refractivity contribution is -0.0903. The van der Waals surface area contributed by atoms with Gasteiger partial charge in [0.25, 0.3) is 0 Å². The van der Waals surface area contributed by atoms with Gasteiger partial charge < -0.3 is 5.73 Å². The fraction of sp³-hybridized carbons (Fsp3) is 0.889. The van der Waals surface area contributed by atoms with Crippen LogP contribution in [-0.2, 0) is 0 Å². The third kappa shape index (κ3) is 1.39. The lowest BCUT2D eigenvalue weighted by atomic mass is 9.74. The Kier molecular flexibility index (Phi) is 1.77. The molecule has 1 heterocycles. The molecule has 0 aromatic rings. The maximum atomic E-state index is 9.60. The van der Waals surface area contributed by atoms with E-state index in [4.69, 9.17) is 5.73 Å². The first-order chi connectivity index (χ1) is 6.00. The van der Waals surface area contributed by atoms with Crippen molar-refractivity contribution in [1.29, 1.82) is 0 Å². The van der Waals surface area contributed by atoms with Gasteiger partial charge in [-0.25, -0.2) is 10.1 Å². The molecule has 3 atom stereocenters. The van der Waals surface area contributed by atoms with Crippen molar-refractivity contribution in [3.05, 3.63) is 0 Å². The third-order valence-electron chi connectivity index (χ3n) is 3.10. The Bertz CT molecular complexity index is 253. The van der Waals surface area contributed by atoms with Gasteiger partial charge in [0.1, 0.15) is 0 Å². The largest absolute Gasteiger partial charge is 0.368 e. The zero-order chi connectivity index (χ0) is 9.64. The minimum Gasteiger partial charge on any atom is -0.368 e. The van der Waals surface area contributed by atoms with E-state index < -0.39 is 0 Å². The van der Waals surface area contributed by atoms with Crippen LogP contribution < -0.4 is 5.73 Å². The lowest BCUT2D eigenvalue weighted by Crippen LogP contribution is -2.55. The molecule has 0 saturated heterocycles. The molecule has 2 rings (SSSR count). The quantitative estimate of drug-likeness (QED) is 0.588. The molecule has 13 heavy (non-hydrogen) atoms. The number of nitrogens with two attached hydrogens (primary N) is 1. The van der Waals surface area contributed by atoms with Crippen LogP contribution in [0.15, 0.2) is 4.99 Å². The van der Waals surface area contributed by atoms with Crippen LogP contribution in [0.5, 0.6) is 0 Å². The van der Waals surface area contributed by atoms with Crippen molar-refractivity contribution in [2.75, 3.05) is 0 Å². The summed E-state index contributed by atoms with van der Waals surface area (Å²) in [5.41, 5.74) is 5.59. The van der Waals surface area contributed by atoms with Crippen LogP contribution in [0.1, 0.15) is 33.1 Å². The first-order valence-corrected chi connectivity index (χ1v) is 4.84. The van der Waals surface area contributed by atoms with Gasteiger partial charge in [0.05, 0.1) is 11.6 Å². The van der Waals surface area contributed by atoms with E-state index in [-0.39, 0.29) is 17.5 Å². The Hall–Kier alpha value is -0.770. The van der Waals surface area contributed by atoms with Crippen LogP contribution >= 0.6 is 0 Å². The highest BCUT2D eigenvalue weighted by molar-refractivity contribution is 5.78. The molecular formula is C9H17N3O. The molecule has 1 saturated carbocycles.